The largest absolute Gasteiger partial charge is 1.00 e. The second-order valence-corrected chi connectivity index (χ2v) is 4.50. The van der Waals surface area contributed by atoms with Gasteiger partial charge in [0.25, 0.3) is 0 Å². The maximum atomic E-state index is 11.8. The molecule has 0 unspecified atom stereocenters. The normalized spacial score (nSPS) is 10.3. The molecule has 0 fully saturated rings. The number of hydrogen-bond acceptors (Lipinski definition) is 4. The van der Waals surface area contributed by atoms with Crippen LogP contribution < -0.4 is 51.5 Å². The molecule has 0 spiro atoms. The van der Waals surface area contributed by atoms with Gasteiger partial charge in [-0.2, -0.15) is 0 Å². The Kier molecular flexibility index (Phi) is 4.53. The fraction of sp³-hybridized carbons (Fsp3) is 0. The number of nitrogen functional groups attached to an aromatic ring is 1. The van der Waals surface area contributed by atoms with Crippen LogP contribution in [0.25, 0.3) is 22.0 Å². The summed E-state index contributed by atoms with van der Waals surface area (Å²) in [6.07, 6.45) is 0. The average Bonchev–Trinajstić information content (AvgIpc) is 2.46. The van der Waals surface area contributed by atoms with Gasteiger partial charge in [-0.05, 0) is 0 Å². The molecule has 0 aliphatic heterocycles. The molecule has 3 aromatic rings. The quantitative estimate of drug-likeness (QED) is 0.406. The zero-order valence-corrected chi connectivity index (χ0v) is 13.8. The number of benzene rings is 1. The summed E-state index contributed by atoms with van der Waals surface area (Å²) >= 11 is 6.01. The molecule has 0 radical (unpaired) electrons. The summed E-state index contributed by atoms with van der Waals surface area (Å²) in [4.78, 5) is 27.7. The third-order valence-electron chi connectivity index (χ3n) is 2.94. The molecule has 0 aliphatic rings. The van der Waals surface area contributed by atoms with E-state index in [0.717, 1.165) is 0 Å². The van der Waals surface area contributed by atoms with Crippen LogP contribution in [0.5, 0.6) is 0 Å². The van der Waals surface area contributed by atoms with E-state index < -0.39 is 11.1 Å². The van der Waals surface area contributed by atoms with E-state index in [1.54, 1.807) is 12.1 Å². The molecule has 3 rings (SSSR count). The van der Waals surface area contributed by atoms with Crippen molar-refractivity contribution in [3.05, 3.63) is 56.2 Å². The van der Waals surface area contributed by atoms with E-state index in [4.69, 9.17) is 17.3 Å². The zero-order valence-electron chi connectivity index (χ0n) is 11.1. The van der Waals surface area contributed by atoms with Gasteiger partial charge in [-0.1, -0.05) is 41.9 Å². The van der Waals surface area contributed by atoms with Crippen molar-refractivity contribution >= 4 is 28.1 Å². The van der Waals surface area contributed by atoms with Crippen LogP contribution in [0.3, 0.4) is 0 Å². The van der Waals surface area contributed by atoms with Crippen LogP contribution in [-0.2, 0) is 0 Å². The average molecular weight is 311 g/mol. The monoisotopic (exact) mass is 310 g/mol. The van der Waals surface area contributed by atoms with Gasteiger partial charge >= 0.3 is 29.6 Å². The number of aromatic amines is 1. The predicted octanol–water partition coefficient (Wildman–Crippen LogP) is -1.85. The van der Waals surface area contributed by atoms with Crippen molar-refractivity contribution < 1.29 is 29.6 Å². The number of fused-ring (bicyclic) bond motifs is 1. The molecule has 0 atom stereocenters. The van der Waals surface area contributed by atoms with Crippen LogP contribution in [0.15, 0.2) is 39.9 Å². The van der Waals surface area contributed by atoms with Gasteiger partial charge in [-0.3, -0.25) is 4.79 Å². The maximum absolute atomic E-state index is 11.8. The Morgan fingerprint density at radius 1 is 1.14 bits per heavy atom. The molecule has 2 heterocycles. The number of rotatable bonds is 1. The third-order valence-corrected chi connectivity index (χ3v) is 3.21. The van der Waals surface area contributed by atoms with Crippen molar-refractivity contribution in [3.8, 4) is 11.3 Å². The molecule has 21 heavy (non-hydrogen) atoms. The van der Waals surface area contributed by atoms with Crippen molar-refractivity contribution in [3.63, 3.8) is 0 Å². The number of nitrogens with one attached hydrogen (secondary N) is 1. The summed E-state index contributed by atoms with van der Waals surface area (Å²) in [5, 5.41) is 5.34. The topological polar surface area (TPSA) is 103 Å². The number of pyridine rings is 1. The molecular weight excluding hydrogens is 303 g/mol. The number of aromatic nitrogens is 3. The minimum Gasteiger partial charge on any atom is -0.560 e. The van der Waals surface area contributed by atoms with Gasteiger partial charge in [0.05, 0.1) is 16.8 Å². The van der Waals surface area contributed by atoms with Gasteiger partial charge in [0.15, 0.2) is 0 Å². The Bertz CT molecular complexity index is 921. The smallest absolute Gasteiger partial charge is 0.560 e. The van der Waals surface area contributed by atoms with Crippen LogP contribution in [0.2, 0.25) is 5.15 Å². The molecule has 1 aromatic carbocycles. The second-order valence-electron chi connectivity index (χ2n) is 4.14. The molecule has 0 aliphatic carbocycles. The SMILES string of the molecule is Nc1c(-c2ccccc2)nc(Cl)c2c(=O)[nH][n-]c(=O)c12.[Na+]. The van der Waals surface area contributed by atoms with E-state index in [9.17, 15) is 9.59 Å². The van der Waals surface area contributed by atoms with E-state index in [1.807, 2.05) is 18.2 Å². The Balaban J connectivity index is 0.00000161. The van der Waals surface area contributed by atoms with Crippen molar-refractivity contribution in [2.45, 2.75) is 0 Å². The standard InChI is InChI=1S/C13H9ClN4O2.Na/c14-11-8-7(12(19)17-18-13(8)20)9(15)10(16-11)6-4-2-1-3-5-6;/h1-5H,(H4,15,16,17,18,19,20);/q;+1/p-1. The van der Waals surface area contributed by atoms with Gasteiger partial charge in [0.2, 0.25) is 5.56 Å². The summed E-state index contributed by atoms with van der Waals surface area (Å²) in [6, 6.07) is 9.02. The fourth-order valence-electron chi connectivity index (χ4n) is 2.03. The van der Waals surface area contributed by atoms with Gasteiger partial charge in [-0.15, -0.1) is 0 Å². The molecular formula is C13H8ClN4NaO2. The van der Waals surface area contributed by atoms with Crippen molar-refractivity contribution in [1.29, 1.82) is 0 Å². The minimum atomic E-state index is -0.640. The summed E-state index contributed by atoms with van der Waals surface area (Å²) in [7, 11) is 0. The second kappa shape index (κ2) is 6.03. The van der Waals surface area contributed by atoms with Gasteiger partial charge < -0.3 is 20.7 Å². The predicted molar refractivity (Wildman–Crippen MR) is 76.8 cm³/mol. The molecule has 8 heteroatoms. The first-order valence-corrected chi connectivity index (χ1v) is 6.07. The van der Waals surface area contributed by atoms with Crippen molar-refractivity contribution in [2.24, 2.45) is 0 Å². The molecule has 6 nitrogen and oxygen atoms in total. The molecule has 3 N–H and O–H groups in total. The Morgan fingerprint density at radius 3 is 2.48 bits per heavy atom. The Morgan fingerprint density at radius 2 is 1.81 bits per heavy atom. The number of nitrogens with two attached hydrogens (primary N) is 1. The molecule has 0 amide bonds. The fourth-order valence-corrected chi connectivity index (χ4v) is 2.29. The van der Waals surface area contributed by atoms with E-state index >= 15 is 0 Å². The number of nitrogens with zero attached hydrogens (tertiary/aromatic N) is 2. The Hall–Kier alpha value is -1.60. The summed E-state index contributed by atoms with van der Waals surface area (Å²) in [5.74, 6) is 0. The molecule has 0 saturated heterocycles. The summed E-state index contributed by atoms with van der Waals surface area (Å²) < 4.78 is 0. The van der Waals surface area contributed by atoms with Gasteiger partial charge in [0.1, 0.15) is 10.7 Å². The van der Waals surface area contributed by atoms with Crippen molar-refractivity contribution in [2.75, 3.05) is 5.73 Å². The number of anilines is 1. The Labute approximate surface area is 145 Å². The van der Waals surface area contributed by atoms with Crippen LogP contribution in [0.1, 0.15) is 0 Å². The number of halogens is 1. The summed E-state index contributed by atoms with van der Waals surface area (Å²) in [5.41, 5.74) is 5.89. The van der Waals surface area contributed by atoms with Crippen LogP contribution in [0, 0.1) is 0 Å². The first kappa shape index (κ1) is 15.8. The first-order valence-electron chi connectivity index (χ1n) is 5.69. The minimum absolute atomic E-state index is 0. The molecule has 0 saturated carbocycles. The van der Waals surface area contributed by atoms with Crippen LogP contribution >= 0.6 is 11.6 Å². The summed E-state index contributed by atoms with van der Waals surface area (Å²) in [6.45, 7) is 0. The third kappa shape index (κ3) is 2.63. The van der Waals surface area contributed by atoms with E-state index in [1.165, 1.54) is 0 Å². The maximum Gasteiger partial charge on any atom is 1.00 e. The van der Waals surface area contributed by atoms with Crippen LogP contribution in [-0.4, -0.2) is 10.1 Å². The van der Waals surface area contributed by atoms with Crippen molar-refractivity contribution in [1.82, 2.24) is 15.2 Å². The first-order chi connectivity index (χ1) is 9.59. The van der Waals surface area contributed by atoms with Gasteiger partial charge in [-0.25, -0.2) is 4.98 Å². The van der Waals surface area contributed by atoms with Crippen LogP contribution in [0.4, 0.5) is 5.69 Å². The van der Waals surface area contributed by atoms with E-state index in [2.05, 4.69) is 15.2 Å². The number of hydrogen-bond donors (Lipinski definition) is 2. The van der Waals surface area contributed by atoms with Gasteiger partial charge in [0, 0.05) is 10.9 Å². The van der Waals surface area contributed by atoms with E-state index in [0.29, 0.717) is 11.3 Å². The molecule has 2 aromatic heterocycles. The molecule has 100 valence electrons. The molecule has 0 bridgehead atoms. The van der Waals surface area contributed by atoms with E-state index in [-0.39, 0.29) is 51.2 Å². The number of H-pyrrole nitrogens is 1. The zero-order chi connectivity index (χ0) is 14.3.